The molecule has 0 N–H and O–H groups in total. The summed E-state index contributed by atoms with van der Waals surface area (Å²) in [7, 11) is 0. The lowest BCUT2D eigenvalue weighted by molar-refractivity contribution is -0.137. The van der Waals surface area contributed by atoms with Crippen LogP contribution in [0.2, 0.25) is 0 Å². The lowest BCUT2D eigenvalue weighted by Gasteiger charge is -2.24. The SMILES string of the molecule is CCCCc1ccc(C(=O)N2CCSC2c2ccc(C(F)(F)F)cc2)cc1. The summed E-state index contributed by atoms with van der Waals surface area (Å²) < 4.78 is 38.3. The largest absolute Gasteiger partial charge is 0.416 e. The minimum Gasteiger partial charge on any atom is -0.322 e. The fourth-order valence-electron chi connectivity index (χ4n) is 3.15. The van der Waals surface area contributed by atoms with Crippen LogP contribution >= 0.6 is 11.8 Å². The first kappa shape index (κ1) is 19.8. The minimum atomic E-state index is -4.35. The second-order valence-corrected chi connectivity index (χ2v) is 7.83. The van der Waals surface area contributed by atoms with Crippen LogP contribution in [0.25, 0.3) is 0 Å². The molecular formula is C21H22F3NOS. The Morgan fingerprint density at radius 2 is 1.78 bits per heavy atom. The van der Waals surface area contributed by atoms with Gasteiger partial charge in [-0.1, -0.05) is 37.6 Å². The second-order valence-electron chi connectivity index (χ2n) is 6.64. The maximum Gasteiger partial charge on any atom is 0.416 e. The van der Waals surface area contributed by atoms with Crippen LogP contribution in [-0.2, 0) is 12.6 Å². The predicted molar refractivity (Wildman–Crippen MR) is 103 cm³/mol. The third-order valence-corrected chi connectivity index (χ3v) is 5.96. The molecule has 0 saturated carbocycles. The molecule has 144 valence electrons. The van der Waals surface area contributed by atoms with Crippen molar-refractivity contribution in [1.82, 2.24) is 4.90 Å². The van der Waals surface area contributed by atoms with Crippen molar-refractivity contribution in [1.29, 1.82) is 0 Å². The number of unbranched alkanes of at least 4 members (excludes halogenated alkanes) is 1. The fraction of sp³-hybridized carbons (Fsp3) is 0.381. The average molecular weight is 393 g/mol. The highest BCUT2D eigenvalue weighted by Crippen LogP contribution is 2.40. The van der Waals surface area contributed by atoms with Gasteiger partial charge >= 0.3 is 6.18 Å². The number of rotatable bonds is 5. The third-order valence-electron chi connectivity index (χ3n) is 4.69. The van der Waals surface area contributed by atoms with Crippen LogP contribution in [0.1, 0.15) is 52.2 Å². The number of aryl methyl sites for hydroxylation is 1. The maximum atomic E-state index is 12.9. The van der Waals surface area contributed by atoms with E-state index in [0.717, 1.165) is 42.7 Å². The first-order chi connectivity index (χ1) is 12.9. The Morgan fingerprint density at radius 3 is 2.37 bits per heavy atom. The Hall–Kier alpha value is -1.95. The Kier molecular flexibility index (Phi) is 6.15. The van der Waals surface area contributed by atoms with Crippen LogP contribution < -0.4 is 0 Å². The highest BCUT2D eigenvalue weighted by Gasteiger charge is 2.33. The summed E-state index contributed by atoms with van der Waals surface area (Å²) in [6.45, 7) is 2.73. The lowest BCUT2D eigenvalue weighted by Crippen LogP contribution is -2.30. The monoisotopic (exact) mass is 393 g/mol. The number of hydrogen-bond acceptors (Lipinski definition) is 2. The first-order valence-corrected chi connectivity index (χ1v) is 10.1. The molecule has 1 saturated heterocycles. The zero-order chi connectivity index (χ0) is 19.4. The Labute approximate surface area is 161 Å². The van der Waals surface area contributed by atoms with E-state index in [-0.39, 0.29) is 11.3 Å². The van der Waals surface area contributed by atoms with E-state index < -0.39 is 11.7 Å². The van der Waals surface area contributed by atoms with Crippen molar-refractivity contribution in [3.63, 3.8) is 0 Å². The summed E-state index contributed by atoms with van der Waals surface area (Å²) in [5.74, 6) is 0.693. The molecular weight excluding hydrogens is 371 g/mol. The van der Waals surface area contributed by atoms with Gasteiger partial charge in [0.1, 0.15) is 5.37 Å². The van der Waals surface area contributed by atoms with Crippen LogP contribution in [0.5, 0.6) is 0 Å². The average Bonchev–Trinajstić information content (AvgIpc) is 3.15. The van der Waals surface area contributed by atoms with Gasteiger partial charge in [0.2, 0.25) is 0 Å². The van der Waals surface area contributed by atoms with Gasteiger partial charge in [0.05, 0.1) is 5.56 Å². The Bertz CT molecular complexity index is 772. The van der Waals surface area contributed by atoms with E-state index in [1.54, 1.807) is 16.7 Å². The Morgan fingerprint density at radius 1 is 1.11 bits per heavy atom. The molecule has 0 bridgehead atoms. The quantitative estimate of drug-likeness (QED) is 0.627. The van der Waals surface area contributed by atoms with Gasteiger partial charge in [0, 0.05) is 17.9 Å². The van der Waals surface area contributed by atoms with Crippen molar-refractivity contribution in [3.05, 3.63) is 70.8 Å². The van der Waals surface area contributed by atoms with Crippen LogP contribution in [0.4, 0.5) is 13.2 Å². The number of alkyl halides is 3. The Balaban J connectivity index is 1.74. The van der Waals surface area contributed by atoms with Gasteiger partial charge in [-0.15, -0.1) is 11.8 Å². The van der Waals surface area contributed by atoms with Crippen LogP contribution in [0.15, 0.2) is 48.5 Å². The van der Waals surface area contributed by atoms with Crippen LogP contribution in [0, 0.1) is 0 Å². The molecule has 2 aromatic carbocycles. The molecule has 0 radical (unpaired) electrons. The highest BCUT2D eigenvalue weighted by molar-refractivity contribution is 7.99. The molecule has 1 aliphatic heterocycles. The smallest absolute Gasteiger partial charge is 0.322 e. The fourth-order valence-corrected chi connectivity index (χ4v) is 4.41. The van der Waals surface area contributed by atoms with Crippen molar-refractivity contribution in [3.8, 4) is 0 Å². The van der Waals surface area contributed by atoms with Gasteiger partial charge in [-0.2, -0.15) is 13.2 Å². The van der Waals surface area contributed by atoms with E-state index in [4.69, 9.17) is 0 Å². The normalized spacial score (nSPS) is 17.3. The summed E-state index contributed by atoms with van der Waals surface area (Å²) >= 11 is 1.58. The molecule has 6 heteroatoms. The van der Waals surface area contributed by atoms with Gasteiger partial charge < -0.3 is 4.90 Å². The molecule has 3 rings (SSSR count). The van der Waals surface area contributed by atoms with Crippen molar-refractivity contribution in [2.75, 3.05) is 12.3 Å². The van der Waals surface area contributed by atoms with Crippen LogP contribution in [0.3, 0.4) is 0 Å². The van der Waals surface area contributed by atoms with E-state index in [1.807, 2.05) is 24.3 Å². The van der Waals surface area contributed by atoms with E-state index in [1.165, 1.54) is 17.7 Å². The minimum absolute atomic E-state index is 0.0769. The summed E-state index contributed by atoms with van der Waals surface area (Å²) in [4.78, 5) is 14.7. The molecule has 1 unspecified atom stereocenters. The van der Waals surface area contributed by atoms with Crippen molar-refractivity contribution in [2.24, 2.45) is 0 Å². The van der Waals surface area contributed by atoms with E-state index >= 15 is 0 Å². The zero-order valence-electron chi connectivity index (χ0n) is 15.1. The maximum absolute atomic E-state index is 12.9. The second kappa shape index (κ2) is 8.38. The molecule has 1 aliphatic rings. The van der Waals surface area contributed by atoms with Crippen molar-refractivity contribution in [2.45, 2.75) is 37.7 Å². The topological polar surface area (TPSA) is 20.3 Å². The first-order valence-electron chi connectivity index (χ1n) is 9.09. The summed E-state index contributed by atoms with van der Waals surface area (Å²) in [5, 5.41) is -0.250. The van der Waals surface area contributed by atoms with Gasteiger partial charge in [-0.3, -0.25) is 4.79 Å². The molecule has 1 heterocycles. The molecule has 0 aromatic heterocycles. The lowest BCUT2D eigenvalue weighted by atomic mass is 10.1. The summed E-state index contributed by atoms with van der Waals surface area (Å²) in [5.41, 5.74) is 1.88. The molecule has 0 spiro atoms. The number of nitrogens with zero attached hydrogens (tertiary/aromatic N) is 1. The number of carbonyl (C=O) groups excluding carboxylic acids is 1. The predicted octanol–water partition coefficient (Wildman–Crippen LogP) is 5.94. The number of carbonyl (C=O) groups is 1. The molecule has 1 fully saturated rings. The molecule has 1 atom stereocenters. The standard InChI is InChI=1S/C21H22F3NOS/c1-2-3-4-15-5-7-16(8-6-15)19(26)25-13-14-27-20(25)17-9-11-18(12-10-17)21(22,23)24/h5-12,20H,2-4,13-14H2,1H3. The van der Waals surface area contributed by atoms with Crippen molar-refractivity contribution < 1.29 is 18.0 Å². The molecule has 2 aromatic rings. The molecule has 27 heavy (non-hydrogen) atoms. The van der Waals surface area contributed by atoms with E-state index in [0.29, 0.717) is 12.1 Å². The summed E-state index contributed by atoms with van der Waals surface area (Å²) in [6.07, 6.45) is -1.11. The zero-order valence-corrected chi connectivity index (χ0v) is 15.9. The molecule has 1 amide bonds. The number of thioether (sulfide) groups is 1. The van der Waals surface area contributed by atoms with Gasteiger partial charge in [0.25, 0.3) is 5.91 Å². The molecule has 0 aliphatic carbocycles. The van der Waals surface area contributed by atoms with Crippen molar-refractivity contribution >= 4 is 17.7 Å². The van der Waals surface area contributed by atoms with E-state index in [2.05, 4.69) is 6.92 Å². The van der Waals surface area contributed by atoms with Gasteiger partial charge in [-0.05, 0) is 48.2 Å². The number of benzene rings is 2. The number of amides is 1. The highest BCUT2D eigenvalue weighted by atomic mass is 32.2. The summed E-state index contributed by atoms with van der Waals surface area (Å²) in [6, 6.07) is 12.8. The number of halogens is 3. The third kappa shape index (κ3) is 4.67. The van der Waals surface area contributed by atoms with E-state index in [9.17, 15) is 18.0 Å². The van der Waals surface area contributed by atoms with Gasteiger partial charge in [0.15, 0.2) is 0 Å². The van der Waals surface area contributed by atoms with Gasteiger partial charge in [-0.25, -0.2) is 0 Å². The molecule has 2 nitrogen and oxygen atoms in total. The van der Waals surface area contributed by atoms with Crippen LogP contribution in [-0.4, -0.2) is 23.1 Å². The number of hydrogen-bond donors (Lipinski definition) is 0.